The molecule has 16 heavy (non-hydrogen) atoms. The van der Waals surface area contributed by atoms with Crippen molar-refractivity contribution >= 4 is 60.9 Å². The van der Waals surface area contributed by atoms with Crippen molar-refractivity contribution < 1.29 is 4.79 Å². The average molecular weight is 387 g/mol. The molecule has 0 saturated heterocycles. The van der Waals surface area contributed by atoms with Crippen molar-refractivity contribution in [2.75, 3.05) is 19.1 Å². The van der Waals surface area contributed by atoms with Crippen LogP contribution in [0.1, 0.15) is 16.6 Å². The summed E-state index contributed by atoms with van der Waals surface area (Å²) < 4.78 is 1.90. The Morgan fingerprint density at radius 1 is 1.62 bits per heavy atom. The first-order chi connectivity index (χ1) is 7.47. The van der Waals surface area contributed by atoms with E-state index in [1.54, 1.807) is 16.7 Å². The van der Waals surface area contributed by atoms with Gasteiger partial charge in [-0.3, -0.25) is 4.79 Å². The molecule has 1 unspecified atom stereocenters. The fourth-order valence-electron chi connectivity index (χ4n) is 1.18. The monoisotopic (exact) mass is 385 g/mol. The summed E-state index contributed by atoms with van der Waals surface area (Å²) in [6, 6.07) is 2.11. The Morgan fingerprint density at radius 3 is 2.69 bits per heavy atom. The van der Waals surface area contributed by atoms with Gasteiger partial charge in [-0.25, -0.2) is 0 Å². The number of nitrogens with zero attached hydrogens (tertiary/aromatic N) is 1. The molecule has 2 nitrogen and oxygen atoms in total. The summed E-state index contributed by atoms with van der Waals surface area (Å²) in [4.78, 5) is 14.7. The van der Waals surface area contributed by atoms with Gasteiger partial charge in [0, 0.05) is 23.3 Å². The minimum absolute atomic E-state index is 0.0814. The highest BCUT2D eigenvalue weighted by atomic mass is 79.9. The molecule has 1 heterocycles. The minimum Gasteiger partial charge on any atom is -0.337 e. The van der Waals surface area contributed by atoms with Crippen molar-refractivity contribution in [2.45, 2.75) is 13.0 Å². The van der Waals surface area contributed by atoms with Gasteiger partial charge in [0.1, 0.15) is 0 Å². The Kier molecular flexibility index (Phi) is 5.84. The van der Waals surface area contributed by atoms with Crippen LogP contribution < -0.4 is 0 Å². The first kappa shape index (κ1) is 14.5. The molecule has 0 bridgehead atoms. The molecule has 0 aliphatic carbocycles. The second-order valence-electron chi connectivity index (χ2n) is 3.45. The van der Waals surface area contributed by atoms with E-state index in [-0.39, 0.29) is 11.9 Å². The molecule has 1 amide bonds. The number of rotatable bonds is 4. The van der Waals surface area contributed by atoms with E-state index in [0.717, 1.165) is 18.9 Å². The Morgan fingerprint density at radius 2 is 2.25 bits per heavy atom. The molecule has 6 heteroatoms. The lowest BCUT2D eigenvalue weighted by molar-refractivity contribution is 0.0762. The second-order valence-corrected chi connectivity index (χ2v) is 7.59. The van der Waals surface area contributed by atoms with Gasteiger partial charge in [-0.15, -0.1) is 11.3 Å². The van der Waals surface area contributed by atoms with E-state index in [4.69, 9.17) is 0 Å². The van der Waals surface area contributed by atoms with E-state index in [9.17, 15) is 4.79 Å². The zero-order valence-electron chi connectivity index (χ0n) is 9.29. The number of thiophene rings is 1. The molecule has 0 fully saturated rings. The molecule has 1 rings (SSSR count). The molecule has 1 aromatic heterocycles. The molecular formula is C10H13Br2NOS2. The Bertz CT molecular complexity index is 361. The van der Waals surface area contributed by atoms with Crippen molar-refractivity contribution in [3.8, 4) is 0 Å². The summed E-state index contributed by atoms with van der Waals surface area (Å²) in [7, 11) is 1.85. The summed E-state index contributed by atoms with van der Waals surface area (Å²) in [5.41, 5.74) is 0. The molecule has 1 aromatic rings. The van der Waals surface area contributed by atoms with E-state index in [0.29, 0.717) is 0 Å². The van der Waals surface area contributed by atoms with Gasteiger partial charge in [-0.05, 0) is 51.1 Å². The van der Waals surface area contributed by atoms with Crippen molar-refractivity contribution in [1.82, 2.24) is 4.90 Å². The van der Waals surface area contributed by atoms with Crippen LogP contribution >= 0.6 is 55.0 Å². The predicted octanol–water partition coefficient (Wildman–Crippen LogP) is 4.10. The molecule has 90 valence electrons. The van der Waals surface area contributed by atoms with Crippen molar-refractivity contribution in [1.29, 1.82) is 0 Å². The van der Waals surface area contributed by atoms with Crippen LogP contribution in [0, 0.1) is 0 Å². The van der Waals surface area contributed by atoms with Crippen LogP contribution in [0.5, 0.6) is 0 Å². The van der Waals surface area contributed by atoms with E-state index in [2.05, 4.69) is 38.8 Å². The highest BCUT2D eigenvalue weighted by Gasteiger charge is 2.19. The van der Waals surface area contributed by atoms with E-state index < -0.39 is 0 Å². The van der Waals surface area contributed by atoms with Crippen LogP contribution in [0.2, 0.25) is 0 Å². The fourth-order valence-corrected chi connectivity index (χ4v) is 3.90. The van der Waals surface area contributed by atoms with Crippen LogP contribution in [0.4, 0.5) is 0 Å². The van der Waals surface area contributed by atoms with Crippen molar-refractivity contribution in [2.24, 2.45) is 0 Å². The lowest BCUT2D eigenvalue weighted by Crippen LogP contribution is -2.36. The predicted molar refractivity (Wildman–Crippen MR) is 79.7 cm³/mol. The van der Waals surface area contributed by atoms with Crippen molar-refractivity contribution in [3.63, 3.8) is 0 Å². The molecular weight excluding hydrogens is 374 g/mol. The van der Waals surface area contributed by atoms with Gasteiger partial charge in [-0.2, -0.15) is 11.8 Å². The summed E-state index contributed by atoms with van der Waals surface area (Å²) >= 11 is 10.00. The van der Waals surface area contributed by atoms with Crippen LogP contribution in [0.25, 0.3) is 0 Å². The number of amides is 1. The standard InChI is InChI=1S/C10H13Br2NOS2/c1-6(5-15-3)13(2)10(14)8-4-7(11)9(12)16-8/h4,6H,5H2,1-3H3. The minimum atomic E-state index is 0.0814. The average Bonchev–Trinajstić information content (AvgIpc) is 2.57. The van der Waals surface area contributed by atoms with Gasteiger partial charge in [0.15, 0.2) is 0 Å². The van der Waals surface area contributed by atoms with Crippen LogP contribution in [0.15, 0.2) is 14.3 Å². The molecule has 0 aliphatic rings. The maximum absolute atomic E-state index is 12.1. The first-order valence-corrected chi connectivity index (χ1v) is 8.48. The zero-order valence-corrected chi connectivity index (χ0v) is 14.1. The lowest BCUT2D eigenvalue weighted by atomic mass is 10.3. The Labute approximate surface area is 121 Å². The van der Waals surface area contributed by atoms with Gasteiger partial charge in [0.2, 0.25) is 0 Å². The topological polar surface area (TPSA) is 20.3 Å². The summed E-state index contributed by atoms with van der Waals surface area (Å²) in [5, 5.41) is 0. The second kappa shape index (κ2) is 6.42. The maximum Gasteiger partial charge on any atom is 0.264 e. The molecule has 0 radical (unpaired) electrons. The van der Waals surface area contributed by atoms with Gasteiger partial charge in [0.05, 0.1) is 8.66 Å². The number of halogens is 2. The summed E-state index contributed by atoms with van der Waals surface area (Å²) in [6.07, 6.45) is 2.05. The fraction of sp³-hybridized carbons (Fsp3) is 0.500. The summed E-state index contributed by atoms with van der Waals surface area (Å²) in [6.45, 7) is 2.06. The normalized spacial score (nSPS) is 12.6. The first-order valence-electron chi connectivity index (χ1n) is 4.68. The van der Waals surface area contributed by atoms with E-state index in [1.165, 1.54) is 11.3 Å². The number of carbonyl (C=O) groups excluding carboxylic acids is 1. The lowest BCUT2D eigenvalue weighted by Gasteiger charge is -2.23. The largest absolute Gasteiger partial charge is 0.337 e. The summed E-state index contributed by atoms with van der Waals surface area (Å²) in [5.74, 6) is 1.04. The number of thioether (sulfide) groups is 1. The third-order valence-corrected chi connectivity index (χ3v) is 6.31. The number of hydrogen-bond acceptors (Lipinski definition) is 3. The molecule has 0 saturated carbocycles. The third kappa shape index (κ3) is 3.48. The van der Waals surface area contributed by atoms with Crippen molar-refractivity contribution in [3.05, 3.63) is 19.2 Å². The zero-order chi connectivity index (χ0) is 12.3. The van der Waals surface area contributed by atoms with Gasteiger partial charge < -0.3 is 4.90 Å². The maximum atomic E-state index is 12.1. The molecule has 0 aliphatic heterocycles. The number of hydrogen-bond donors (Lipinski definition) is 0. The Balaban J connectivity index is 2.77. The van der Waals surface area contributed by atoms with E-state index >= 15 is 0 Å². The van der Waals surface area contributed by atoms with Gasteiger partial charge >= 0.3 is 0 Å². The van der Waals surface area contributed by atoms with Crippen LogP contribution in [-0.2, 0) is 0 Å². The van der Waals surface area contributed by atoms with Crippen LogP contribution in [-0.4, -0.2) is 35.9 Å². The van der Waals surface area contributed by atoms with Gasteiger partial charge in [0.25, 0.3) is 5.91 Å². The third-order valence-electron chi connectivity index (χ3n) is 2.25. The molecule has 0 spiro atoms. The smallest absolute Gasteiger partial charge is 0.264 e. The Hall–Kier alpha value is 0.480. The van der Waals surface area contributed by atoms with Crippen LogP contribution in [0.3, 0.4) is 0 Å². The van der Waals surface area contributed by atoms with E-state index in [1.807, 2.05) is 19.4 Å². The molecule has 0 aromatic carbocycles. The molecule has 1 atom stereocenters. The highest BCUT2D eigenvalue weighted by Crippen LogP contribution is 2.33. The quantitative estimate of drug-likeness (QED) is 0.776. The SMILES string of the molecule is CSCC(C)N(C)C(=O)c1cc(Br)c(Br)s1. The molecule has 0 N–H and O–H groups in total. The highest BCUT2D eigenvalue weighted by molar-refractivity contribution is 9.13. The van der Waals surface area contributed by atoms with Gasteiger partial charge in [-0.1, -0.05) is 0 Å². The number of carbonyl (C=O) groups is 1.